The van der Waals surface area contributed by atoms with Gasteiger partial charge in [0.1, 0.15) is 22.3 Å². The number of nitrogens with zero attached hydrogens (tertiary/aromatic N) is 3. The fourth-order valence-electron chi connectivity index (χ4n) is 8.89. The van der Waals surface area contributed by atoms with Crippen molar-refractivity contribution in [3.05, 3.63) is 164 Å². The molecule has 0 aliphatic carbocycles. The van der Waals surface area contributed by atoms with Crippen molar-refractivity contribution >= 4 is 96.9 Å². The predicted molar refractivity (Wildman–Crippen MR) is 235 cm³/mol. The van der Waals surface area contributed by atoms with E-state index in [2.05, 4.69) is 140 Å². The third-order valence-corrected chi connectivity index (χ3v) is 12.7. The van der Waals surface area contributed by atoms with Gasteiger partial charge < -0.3 is 8.83 Å². The van der Waals surface area contributed by atoms with Crippen LogP contribution in [0.2, 0.25) is 0 Å². The summed E-state index contributed by atoms with van der Waals surface area (Å²) in [6.45, 7) is 0. The van der Waals surface area contributed by atoms with Gasteiger partial charge in [-0.1, -0.05) is 121 Å². The lowest BCUT2D eigenvalue weighted by atomic mass is 9.92. The second kappa shape index (κ2) is 11.6. The van der Waals surface area contributed by atoms with E-state index >= 15 is 0 Å². The van der Waals surface area contributed by atoms with Gasteiger partial charge in [-0.2, -0.15) is 0 Å². The third kappa shape index (κ3) is 4.47. The molecule has 0 unspecified atom stereocenters. The first-order valence-electron chi connectivity index (χ1n) is 19.0. The largest absolute Gasteiger partial charge is 0.456 e. The number of thiophene rings is 1. The summed E-state index contributed by atoms with van der Waals surface area (Å²) in [7, 11) is 0. The van der Waals surface area contributed by atoms with Crippen molar-refractivity contribution in [2.75, 3.05) is 0 Å². The summed E-state index contributed by atoms with van der Waals surface area (Å²) in [6.07, 6.45) is 0. The Morgan fingerprint density at radius 1 is 0.351 bits per heavy atom. The van der Waals surface area contributed by atoms with E-state index < -0.39 is 0 Å². The van der Waals surface area contributed by atoms with E-state index in [0.29, 0.717) is 17.5 Å². The Kier molecular flexibility index (Phi) is 6.26. The molecule has 0 fully saturated rings. The summed E-state index contributed by atoms with van der Waals surface area (Å²) in [5.41, 5.74) is 8.31. The fourth-order valence-corrected chi connectivity index (χ4v) is 10.1. The maximum atomic E-state index is 6.68. The minimum Gasteiger partial charge on any atom is -0.456 e. The Balaban J connectivity index is 0.984. The first kappa shape index (κ1) is 30.9. The smallest absolute Gasteiger partial charge is 0.165 e. The molecule has 0 radical (unpaired) electrons. The average molecular weight is 746 g/mol. The van der Waals surface area contributed by atoms with E-state index in [-0.39, 0.29) is 0 Å². The topological polar surface area (TPSA) is 65.0 Å². The number of hydrogen-bond donors (Lipinski definition) is 0. The lowest BCUT2D eigenvalue weighted by Crippen LogP contribution is -2.00. The molecule has 4 aromatic heterocycles. The summed E-state index contributed by atoms with van der Waals surface area (Å²) in [5, 5.41) is 11.8. The number of aromatic nitrogens is 3. The van der Waals surface area contributed by atoms with Crippen LogP contribution < -0.4 is 0 Å². The average Bonchev–Trinajstić information content (AvgIpc) is 3.97. The zero-order valence-corrected chi connectivity index (χ0v) is 31.0. The van der Waals surface area contributed by atoms with Crippen molar-refractivity contribution in [1.82, 2.24) is 15.0 Å². The fraction of sp³-hybridized carbons (Fsp3) is 0. The monoisotopic (exact) mass is 745 g/mol. The molecule has 0 spiro atoms. The third-order valence-electron chi connectivity index (χ3n) is 11.5. The van der Waals surface area contributed by atoms with Gasteiger partial charge in [0, 0.05) is 64.0 Å². The Morgan fingerprint density at radius 3 is 1.81 bits per heavy atom. The van der Waals surface area contributed by atoms with Gasteiger partial charge in [-0.15, -0.1) is 11.3 Å². The molecule has 0 amide bonds. The second-order valence-corrected chi connectivity index (χ2v) is 15.7. The molecular formula is C51H27N3O2S. The number of para-hydroxylation sites is 1. The van der Waals surface area contributed by atoms with Gasteiger partial charge >= 0.3 is 0 Å². The van der Waals surface area contributed by atoms with Crippen molar-refractivity contribution in [2.24, 2.45) is 0 Å². The van der Waals surface area contributed by atoms with Gasteiger partial charge in [0.2, 0.25) is 0 Å². The highest BCUT2D eigenvalue weighted by molar-refractivity contribution is 7.26. The van der Waals surface area contributed by atoms with Crippen LogP contribution in [-0.2, 0) is 0 Å². The van der Waals surface area contributed by atoms with Crippen LogP contribution in [0, 0.1) is 0 Å². The van der Waals surface area contributed by atoms with Crippen LogP contribution in [0.5, 0.6) is 0 Å². The summed E-state index contributed by atoms with van der Waals surface area (Å²) in [5.74, 6) is 1.82. The maximum Gasteiger partial charge on any atom is 0.165 e. The zero-order chi connectivity index (χ0) is 37.2. The van der Waals surface area contributed by atoms with Crippen LogP contribution >= 0.6 is 11.3 Å². The summed E-state index contributed by atoms with van der Waals surface area (Å²) in [6, 6.07) is 57.2. The lowest BCUT2D eigenvalue weighted by Gasteiger charge is -2.11. The predicted octanol–water partition coefficient (Wildman–Crippen LogP) is 14.5. The van der Waals surface area contributed by atoms with E-state index in [9.17, 15) is 0 Å². The molecule has 0 atom stereocenters. The molecule has 0 aliphatic heterocycles. The van der Waals surface area contributed by atoms with Crippen molar-refractivity contribution in [3.63, 3.8) is 0 Å². The molecule has 0 N–H and O–H groups in total. The van der Waals surface area contributed by atoms with Gasteiger partial charge in [0.25, 0.3) is 0 Å². The number of hydrogen-bond acceptors (Lipinski definition) is 6. The highest BCUT2D eigenvalue weighted by Gasteiger charge is 2.21. The van der Waals surface area contributed by atoms with Crippen LogP contribution in [0.1, 0.15) is 0 Å². The van der Waals surface area contributed by atoms with Gasteiger partial charge in [0.15, 0.2) is 17.5 Å². The molecular weight excluding hydrogens is 719 g/mol. The molecule has 0 aliphatic rings. The molecule has 5 nitrogen and oxygen atoms in total. The molecule has 13 aromatic rings. The van der Waals surface area contributed by atoms with E-state index in [1.807, 2.05) is 24.3 Å². The quantitative estimate of drug-likeness (QED) is 0.168. The Morgan fingerprint density at radius 2 is 0.947 bits per heavy atom. The standard InChI is InChI=1S/C51H27N3O2S/c1-2-10-33-32(9-1)37-13-8-17-42-45(37)46-38(33)26-25-31(47(46)56-42)28-19-21-29(22-20-28)49-52-50(30-23-24-35-34-11-3-5-16-41(34)55-43(35)27-30)54-51(53-49)40-15-7-14-39-36-12-4-6-18-44(36)57-48(39)40/h1-27H. The van der Waals surface area contributed by atoms with Crippen molar-refractivity contribution in [2.45, 2.75) is 0 Å². The van der Waals surface area contributed by atoms with Crippen molar-refractivity contribution in [3.8, 4) is 45.3 Å². The van der Waals surface area contributed by atoms with E-state index in [0.717, 1.165) is 65.6 Å². The van der Waals surface area contributed by atoms with Gasteiger partial charge in [-0.05, 0) is 69.6 Å². The minimum absolute atomic E-state index is 0.588. The van der Waals surface area contributed by atoms with Crippen LogP contribution in [0.3, 0.4) is 0 Å². The van der Waals surface area contributed by atoms with Crippen LogP contribution in [0.15, 0.2) is 173 Å². The summed E-state index contributed by atoms with van der Waals surface area (Å²) < 4.78 is 15.4. The molecule has 6 heteroatoms. The molecule has 9 aromatic carbocycles. The van der Waals surface area contributed by atoms with Gasteiger partial charge in [-0.25, -0.2) is 15.0 Å². The lowest BCUT2D eigenvalue weighted by molar-refractivity contribution is 0.669. The summed E-state index contributed by atoms with van der Waals surface area (Å²) >= 11 is 1.77. The highest BCUT2D eigenvalue weighted by Crippen LogP contribution is 2.46. The van der Waals surface area contributed by atoms with E-state index in [1.54, 1.807) is 11.3 Å². The van der Waals surface area contributed by atoms with Crippen LogP contribution in [-0.4, -0.2) is 15.0 Å². The molecule has 264 valence electrons. The minimum atomic E-state index is 0.588. The molecule has 0 saturated heterocycles. The number of furan rings is 2. The molecule has 13 rings (SSSR count). The highest BCUT2D eigenvalue weighted by atomic mass is 32.1. The van der Waals surface area contributed by atoms with Crippen molar-refractivity contribution in [1.29, 1.82) is 0 Å². The Hall–Kier alpha value is -7.41. The zero-order valence-electron chi connectivity index (χ0n) is 30.2. The Bertz CT molecular complexity index is 3760. The summed E-state index contributed by atoms with van der Waals surface area (Å²) in [4.78, 5) is 15.5. The molecule has 0 bridgehead atoms. The van der Waals surface area contributed by atoms with Crippen LogP contribution in [0.25, 0.3) is 131 Å². The van der Waals surface area contributed by atoms with Crippen LogP contribution in [0.4, 0.5) is 0 Å². The van der Waals surface area contributed by atoms with Gasteiger partial charge in [-0.3, -0.25) is 0 Å². The Labute approximate surface area is 328 Å². The van der Waals surface area contributed by atoms with E-state index in [4.69, 9.17) is 23.8 Å². The first-order chi connectivity index (χ1) is 28.2. The maximum absolute atomic E-state index is 6.68. The molecule has 57 heavy (non-hydrogen) atoms. The molecule has 4 heterocycles. The van der Waals surface area contributed by atoms with Gasteiger partial charge in [0.05, 0.1) is 0 Å². The normalized spacial score (nSPS) is 12.2. The number of rotatable bonds is 4. The van der Waals surface area contributed by atoms with Crippen molar-refractivity contribution < 1.29 is 8.83 Å². The van der Waals surface area contributed by atoms with E-state index in [1.165, 1.54) is 47.8 Å². The SMILES string of the molecule is c1ccc2c(c1)oc1cc(-c3nc(-c4ccc(-c5ccc6c7ccccc7c7cccc8oc5c6c87)cc4)nc(-c4cccc5c4sc4ccccc45)n3)ccc12. The molecule has 0 saturated carbocycles. The number of fused-ring (bicyclic) bond motifs is 9. The number of benzene rings is 9. The second-order valence-electron chi connectivity index (χ2n) is 14.7. The first-order valence-corrected chi connectivity index (χ1v) is 19.8.